The van der Waals surface area contributed by atoms with Crippen LogP contribution in [-0.2, 0) is 11.2 Å². The van der Waals surface area contributed by atoms with E-state index >= 15 is 0 Å². The summed E-state index contributed by atoms with van der Waals surface area (Å²) < 4.78 is 0. The number of carbonyl (C=O) groups excluding carboxylic acids is 1. The highest BCUT2D eigenvalue weighted by Gasteiger charge is 2.51. The topological polar surface area (TPSA) is 20.3 Å². The van der Waals surface area contributed by atoms with Gasteiger partial charge in [-0.2, -0.15) is 0 Å². The van der Waals surface area contributed by atoms with E-state index < -0.39 is 0 Å². The van der Waals surface area contributed by atoms with Crippen molar-refractivity contribution in [2.45, 2.75) is 25.3 Å². The Morgan fingerprint density at radius 1 is 0.769 bits per heavy atom. The first-order valence-electron chi connectivity index (χ1n) is 9.40. The number of aryl methyl sites for hydroxylation is 1. The largest absolute Gasteiger partial charge is 0.303 e. The molecular formula is C24H21NO. The summed E-state index contributed by atoms with van der Waals surface area (Å²) in [5.74, 6) is 0.387. The zero-order valence-corrected chi connectivity index (χ0v) is 14.6. The predicted molar refractivity (Wildman–Crippen MR) is 105 cm³/mol. The molecule has 2 nitrogen and oxygen atoms in total. The predicted octanol–water partition coefficient (Wildman–Crippen LogP) is 5.39. The Hall–Kier alpha value is -2.87. The Balaban J connectivity index is 1.41. The highest BCUT2D eigenvalue weighted by molar-refractivity contribution is 6.08. The van der Waals surface area contributed by atoms with Crippen LogP contribution in [0.25, 0.3) is 11.1 Å². The summed E-state index contributed by atoms with van der Waals surface area (Å²) in [6.07, 6.45) is 3.04. The molecule has 2 aliphatic rings. The number of hydrogen-bond donors (Lipinski definition) is 0. The van der Waals surface area contributed by atoms with Gasteiger partial charge in [0.15, 0.2) is 0 Å². The van der Waals surface area contributed by atoms with Crippen LogP contribution in [0.1, 0.15) is 30.0 Å². The van der Waals surface area contributed by atoms with Crippen molar-refractivity contribution in [1.82, 2.24) is 0 Å². The number of β-lactam (4-membered cyclic amide) rings is 1. The van der Waals surface area contributed by atoms with Crippen LogP contribution in [0, 0.1) is 5.92 Å². The molecular weight excluding hydrogens is 318 g/mol. The van der Waals surface area contributed by atoms with Gasteiger partial charge in [0, 0.05) is 5.56 Å². The molecule has 1 amide bonds. The zero-order chi connectivity index (χ0) is 17.5. The van der Waals surface area contributed by atoms with Crippen LogP contribution in [0.2, 0.25) is 0 Å². The Kier molecular flexibility index (Phi) is 3.63. The molecule has 2 heterocycles. The quantitative estimate of drug-likeness (QED) is 0.583. The Bertz CT molecular complexity index is 963. The van der Waals surface area contributed by atoms with Crippen molar-refractivity contribution in [2.24, 2.45) is 5.92 Å². The molecule has 0 N–H and O–H groups in total. The van der Waals surface area contributed by atoms with E-state index in [9.17, 15) is 4.79 Å². The van der Waals surface area contributed by atoms with Crippen LogP contribution in [0.15, 0.2) is 78.9 Å². The molecule has 3 aromatic carbocycles. The fourth-order valence-electron chi connectivity index (χ4n) is 4.54. The lowest BCUT2D eigenvalue weighted by Gasteiger charge is -2.51. The molecule has 128 valence electrons. The van der Waals surface area contributed by atoms with Crippen LogP contribution in [0.4, 0.5) is 5.69 Å². The van der Waals surface area contributed by atoms with Crippen molar-refractivity contribution < 1.29 is 4.79 Å². The van der Waals surface area contributed by atoms with Crippen LogP contribution in [-0.4, -0.2) is 5.91 Å². The number of nitrogens with zero attached hydrogens (tertiary/aromatic N) is 1. The van der Waals surface area contributed by atoms with Gasteiger partial charge in [-0.1, -0.05) is 72.8 Å². The van der Waals surface area contributed by atoms with Gasteiger partial charge in [0.25, 0.3) is 0 Å². The van der Waals surface area contributed by atoms with E-state index in [2.05, 4.69) is 66.7 Å². The molecule has 0 aliphatic carbocycles. The number of para-hydroxylation sites is 1. The first-order chi connectivity index (χ1) is 12.8. The highest BCUT2D eigenvalue weighted by Crippen LogP contribution is 2.54. The molecule has 0 radical (unpaired) electrons. The zero-order valence-electron chi connectivity index (χ0n) is 14.6. The molecule has 2 atom stereocenters. The second-order valence-electron chi connectivity index (χ2n) is 7.24. The molecule has 0 spiro atoms. The minimum atomic E-state index is 0.105. The van der Waals surface area contributed by atoms with Crippen LogP contribution < -0.4 is 4.90 Å². The highest BCUT2D eigenvalue weighted by atomic mass is 16.2. The number of rotatable bonds is 4. The van der Waals surface area contributed by atoms with Gasteiger partial charge in [-0.3, -0.25) is 4.79 Å². The van der Waals surface area contributed by atoms with Gasteiger partial charge < -0.3 is 4.90 Å². The fraction of sp³-hybridized carbons (Fsp3) is 0.208. The second-order valence-corrected chi connectivity index (χ2v) is 7.24. The number of carbonyl (C=O) groups is 1. The van der Waals surface area contributed by atoms with Crippen molar-refractivity contribution >= 4 is 11.6 Å². The van der Waals surface area contributed by atoms with E-state index in [0.29, 0.717) is 0 Å². The summed E-state index contributed by atoms with van der Waals surface area (Å²) in [7, 11) is 0. The molecule has 26 heavy (non-hydrogen) atoms. The maximum atomic E-state index is 12.9. The first-order valence-corrected chi connectivity index (χ1v) is 9.40. The summed E-state index contributed by atoms with van der Waals surface area (Å²) in [6, 6.07) is 27.6. The second kappa shape index (κ2) is 6.14. The molecule has 3 aromatic rings. The van der Waals surface area contributed by atoms with Gasteiger partial charge in [-0.15, -0.1) is 0 Å². The lowest BCUT2D eigenvalue weighted by Crippen LogP contribution is -2.56. The van der Waals surface area contributed by atoms with Gasteiger partial charge >= 0.3 is 0 Å². The maximum Gasteiger partial charge on any atom is 0.233 e. The monoisotopic (exact) mass is 339 g/mol. The fourth-order valence-corrected chi connectivity index (χ4v) is 4.54. The average Bonchev–Trinajstić information content (AvgIpc) is 2.70. The van der Waals surface area contributed by atoms with Gasteiger partial charge in [-0.25, -0.2) is 0 Å². The normalized spacial score (nSPS) is 20.0. The molecule has 0 unspecified atom stereocenters. The molecule has 1 saturated heterocycles. The van der Waals surface area contributed by atoms with Crippen molar-refractivity contribution in [3.05, 3.63) is 90.0 Å². The third-order valence-corrected chi connectivity index (χ3v) is 5.77. The molecule has 0 aromatic heterocycles. The van der Waals surface area contributed by atoms with Gasteiger partial charge in [0.2, 0.25) is 5.91 Å². The Morgan fingerprint density at radius 3 is 2.31 bits per heavy atom. The van der Waals surface area contributed by atoms with Gasteiger partial charge in [-0.05, 0) is 42.0 Å². The van der Waals surface area contributed by atoms with Gasteiger partial charge in [0.1, 0.15) is 0 Å². The minimum Gasteiger partial charge on any atom is -0.303 e. The van der Waals surface area contributed by atoms with E-state index in [1.807, 2.05) is 17.0 Å². The number of fused-ring (bicyclic) bond motifs is 6. The van der Waals surface area contributed by atoms with Crippen LogP contribution in [0.5, 0.6) is 0 Å². The Morgan fingerprint density at radius 2 is 1.46 bits per heavy atom. The summed E-state index contributed by atoms with van der Waals surface area (Å²) >= 11 is 0. The Labute approximate surface area is 154 Å². The molecule has 2 heteroatoms. The SMILES string of the molecule is O=C1[C@@H](CCCc2ccccc2)[C@@H]2c3ccccc3-c3ccccc3N12. The van der Waals surface area contributed by atoms with Crippen molar-refractivity contribution in [2.75, 3.05) is 4.90 Å². The van der Waals surface area contributed by atoms with Crippen molar-refractivity contribution in [3.63, 3.8) is 0 Å². The van der Waals surface area contributed by atoms with Gasteiger partial charge in [0.05, 0.1) is 17.6 Å². The van der Waals surface area contributed by atoms with E-state index in [1.54, 1.807) is 0 Å². The summed E-state index contributed by atoms with van der Waals surface area (Å²) in [4.78, 5) is 15.0. The minimum absolute atomic E-state index is 0.105. The lowest BCUT2D eigenvalue weighted by atomic mass is 9.73. The van der Waals surface area contributed by atoms with E-state index in [1.165, 1.54) is 22.3 Å². The number of anilines is 1. The molecule has 0 bridgehead atoms. The van der Waals surface area contributed by atoms with E-state index in [-0.39, 0.29) is 17.9 Å². The lowest BCUT2D eigenvalue weighted by molar-refractivity contribution is -0.130. The summed E-state index contributed by atoms with van der Waals surface area (Å²) in [5.41, 5.74) is 6.18. The van der Waals surface area contributed by atoms with E-state index in [4.69, 9.17) is 0 Å². The number of hydrogen-bond acceptors (Lipinski definition) is 1. The smallest absolute Gasteiger partial charge is 0.233 e. The maximum absolute atomic E-state index is 12.9. The van der Waals surface area contributed by atoms with Crippen molar-refractivity contribution in [1.29, 1.82) is 0 Å². The molecule has 0 saturated carbocycles. The van der Waals surface area contributed by atoms with Crippen LogP contribution >= 0.6 is 0 Å². The molecule has 1 fully saturated rings. The standard InChI is InChI=1S/C24H21NO/c26-24-21(15-8-11-17-9-2-1-3-10-17)23-20-14-5-4-12-18(20)19-13-6-7-16-22(19)25(23)24/h1-7,9-10,12-14,16,21,23H,8,11,15H2/t21-,23-/m0/s1. The molecule has 5 rings (SSSR count). The summed E-state index contributed by atoms with van der Waals surface area (Å²) in [6.45, 7) is 0. The third-order valence-electron chi connectivity index (χ3n) is 5.77. The third kappa shape index (κ3) is 2.29. The van der Waals surface area contributed by atoms with E-state index in [0.717, 1.165) is 24.9 Å². The average molecular weight is 339 g/mol. The molecule has 2 aliphatic heterocycles. The number of amides is 1. The number of benzene rings is 3. The first kappa shape index (κ1) is 15.4. The van der Waals surface area contributed by atoms with Crippen molar-refractivity contribution in [3.8, 4) is 11.1 Å². The van der Waals surface area contributed by atoms with Crippen LogP contribution in [0.3, 0.4) is 0 Å². The summed E-state index contributed by atoms with van der Waals surface area (Å²) in [5, 5.41) is 0.